The Balaban J connectivity index is 1.75. The average Bonchev–Trinajstić information content (AvgIpc) is 3.06. The molecule has 0 unspecified atom stereocenters. The molecule has 6 rings (SSSR count). The molecule has 0 spiro atoms. The molecule has 8 bridgehead atoms. The van der Waals surface area contributed by atoms with Gasteiger partial charge in [0.25, 0.3) is 0 Å². The Bertz CT molecular complexity index is 2330. The SMILES string of the molecule is [N-]=[N+]=C1c2cc(Br)cc(c2)C(=[N+]=[N-])c2cc(Br)cc(c2)C(=[N+]=[N-])c2cc(C(=[N+]=[N-])c3ccncc3)cc(c2)C(=[N+]=[N-])c2cc(Br)cc1c2. The van der Waals surface area contributed by atoms with Crippen LogP contribution in [0.25, 0.3) is 27.7 Å². The molecule has 1 aliphatic carbocycles. The number of aromatic nitrogens is 1. The van der Waals surface area contributed by atoms with E-state index in [4.69, 9.17) is 0 Å². The van der Waals surface area contributed by atoms with E-state index in [2.05, 4.69) is 76.7 Å². The van der Waals surface area contributed by atoms with Gasteiger partial charge in [-0.2, -0.15) is 23.9 Å². The van der Waals surface area contributed by atoms with Gasteiger partial charge in [0.2, 0.25) is 0 Å². The molecule has 0 N–H and O–H groups in total. The van der Waals surface area contributed by atoms with Crippen molar-refractivity contribution in [3.8, 4) is 0 Å². The van der Waals surface area contributed by atoms with Crippen LogP contribution in [0.15, 0.2) is 111 Å². The summed E-state index contributed by atoms with van der Waals surface area (Å²) in [5.41, 5.74) is 56.8. The van der Waals surface area contributed by atoms with Crippen LogP contribution in [-0.2, 0) is 0 Å². The monoisotopic (exact) mass is 815 g/mol. The normalized spacial score (nSPS) is 11.9. The molecule has 4 aromatic carbocycles. The Morgan fingerprint density at radius 2 is 0.708 bits per heavy atom. The number of rotatable bonds is 2. The second-order valence-corrected chi connectivity index (χ2v) is 13.2. The zero-order valence-electron chi connectivity index (χ0n) is 24.3. The Morgan fingerprint density at radius 1 is 0.417 bits per heavy atom. The first-order valence-electron chi connectivity index (χ1n) is 13.9. The van der Waals surface area contributed by atoms with Gasteiger partial charge in [-0.25, -0.2) is 0 Å². The highest BCUT2D eigenvalue weighted by Crippen LogP contribution is 2.28. The van der Waals surface area contributed by atoms with Gasteiger partial charge >= 0.3 is 28.6 Å². The molecule has 0 aliphatic heterocycles. The predicted octanol–water partition coefficient (Wildman–Crippen LogP) is 7.02. The Hall–Kier alpha value is -5.63. The first-order chi connectivity index (χ1) is 23.3. The Morgan fingerprint density at radius 3 is 0.979 bits per heavy atom. The van der Waals surface area contributed by atoms with E-state index >= 15 is 0 Å². The van der Waals surface area contributed by atoms with Gasteiger partial charge < -0.3 is 27.7 Å². The van der Waals surface area contributed by atoms with Crippen molar-refractivity contribution in [3.63, 3.8) is 0 Å². The quantitative estimate of drug-likeness (QED) is 0.101. The summed E-state index contributed by atoms with van der Waals surface area (Å²) in [5.74, 6) is 0. The molecule has 0 fully saturated rings. The van der Waals surface area contributed by atoms with Gasteiger partial charge in [0.15, 0.2) is 0 Å². The molecule has 1 heterocycles. The topological polar surface area (TPSA) is 195 Å². The molecule has 5 aromatic rings. The van der Waals surface area contributed by atoms with Crippen LogP contribution in [0, 0.1) is 0 Å². The molecule has 0 amide bonds. The molecule has 48 heavy (non-hydrogen) atoms. The van der Waals surface area contributed by atoms with Gasteiger partial charge in [-0.15, -0.1) is 0 Å². The molecule has 228 valence electrons. The molecule has 0 saturated heterocycles. The van der Waals surface area contributed by atoms with E-state index in [9.17, 15) is 27.7 Å². The zero-order chi connectivity index (χ0) is 33.9. The summed E-state index contributed by atoms with van der Waals surface area (Å²) in [4.78, 5) is 22.2. The van der Waals surface area contributed by atoms with E-state index in [1.54, 1.807) is 97.3 Å². The fourth-order valence-electron chi connectivity index (χ4n) is 5.55. The number of hydrogen-bond donors (Lipinski definition) is 0. The standard InChI is InChI=1S/C34H16Br3N11/c35-27-11-21-8-23(13-27)33(47-41)25-10-26(16-29(37)15-25)34(48-42)24-9-22(12-28(36)14-24)32(46-40)20-6-18(5-19(7-20)31(21)45-39)30(44-38)17-1-3-43-4-2-17/h1-16H. The highest BCUT2D eigenvalue weighted by Gasteiger charge is 2.30. The van der Waals surface area contributed by atoms with Crippen LogP contribution in [0.4, 0.5) is 0 Å². The van der Waals surface area contributed by atoms with Crippen molar-refractivity contribution in [1.82, 2.24) is 4.98 Å². The lowest BCUT2D eigenvalue weighted by atomic mass is 9.89. The lowest BCUT2D eigenvalue weighted by Gasteiger charge is -2.09. The van der Waals surface area contributed by atoms with Crippen molar-refractivity contribution in [2.75, 3.05) is 0 Å². The Kier molecular flexibility index (Phi) is 9.17. The molecule has 0 saturated carbocycles. The van der Waals surface area contributed by atoms with Gasteiger partial charge in [0, 0.05) is 25.8 Å². The number of nitrogens with zero attached hydrogens (tertiary/aromatic N) is 11. The van der Waals surface area contributed by atoms with E-state index in [1.165, 1.54) is 0 Å². The van der Waals surface area contributed by atoms with Gasteiger partial charge in [0.1, 0.15) is 0 Å². The molecule has 0 radical (unpaired) electrons. The van der Waals surface area contributed by atoms with Crippen LogP contribution < -0.4 is 0 Å². The molecule has 1 aromatic heterocycles. The van der Waals surface area contributed by atoms with Crippen molar-refractivity contribution in [2.24, 2.45) is 0 Å². The summed E-state index contributed by atoms with van der Waals surface area (Å²) in [6.45, 7) is 0. The summed E-state index contributed by atoms with van der Waals surface area (Å²) < 4.78 is 1.76. The van der Waals surface area contributed by atoms with E-state index in [0.29, 0.717) is 69.1 Å². The maximum atomic E-state index is 10.5. The predicted molar refractivity (Wildman–Crippen MR) is 187 cm³/mol. The van der Waals surface area contributed by atoms with E-state index in [-0.39, 0.29) is 28.6 Å². The van der Waals surface area contributed by atoms with Gasteiger partial charge in [0.05, 0.1) is 55.6 Å². The average molecular weight is 818 g/mol. The lowest BCUT2D eigenvalue weighted by Crippen LogP contribution is -2.16. The van der Waals surface area contributed by atoms with Crippen molar-refractivity contribution in [2.45, 2.75) is 0 Å². The van der Waals surface area contributed by atoms with Crippen LogP contribution in [0.2, 0.25) is 0 Å². The first kappa shape index (κ1) is 32.3. The Labute approximate surface area is 297 Å². The lowest BCUT2D eigenvalue weighted by molar-refractivity contribution is -0.00362. The number of hydrogen-bond acceptors (Lipinski definition) is 1. The van der Waals surface area contributed by atoms with Crippen molar-refractivity contribution in [3.05, 3.63) is 194 Å². The van der Waals surface area contributed by atoms with Gasteiger partial charge in [-0.3, -0.25) is 4.98 Å². The summed E-state index contributed by atoms with van der Waals surface area (Å²) in [5, 5.41) is 0. The van der Waals surface area contributed by atoms with Crippen LogP contribution in [0.5, 0.6) is 0 Å². The third kappa shape index (κ3) is 6.21. The molecule has 0 atom stereocenters. The molecule has 14 heteroatoms. The maximum absolute atomic E-state index is 10.5. The second-order valence-electron chi connectivity index (χ2n) is 10.5. The third-order valence-corrected chi connectivity index (χ3v) is 8.91. The van der Waals surface area contributed by atoms with Gasteiger partial charge in [-0.05, 0) is 84.9 Å². The summed E-state index contributed by atoms with van der Waals surface area (Å²) in [7, 11) is 0. The number of fused-ring (bicyclic) bond motifs is 8. The highest BCUT2D eigenvalue weighted by atomic mass is 79.9. The minimum Gasteiger partial charge on any atom is -0.361 e. The smallest absolute Gasteiger partial charge is 0.329 e. The van der Waals surface area contributed by atoms with Crippen LogP contribution >= 0.6 is 47.8 Å². The second kappa shape index (κ2) is 13.6. The van der Waals surface area contributed by atoms with Gasteiger partial charge in [-0.1, -0.05) is 47.8 Å². The van der Waals surface area contributed by atoms with E-state index in [0.717, 1.165) is 0 Å². The fraction of sp³-hybridized carbons (Fsp3) is 0. The molecular weight excluding hydrogens is 802 g/mol. The van der Waals surface area contributed by atoms with Crippen molar-refractivity contribution >= 4 is 76.3 Å². The summed E-state index contributed by atoms with van der Waals surface area (Å²) in [6, 6.07) is 23.8. The van der Waals surface area contributed by atoms with Crippen LogP contribution in [0.1, 0.15) is 55.6 Å². The first-order valence-corrected chi connectivity index (χ1v) is 16.3. The number of benzene rings is 4. The fourth-order valence-corrected chi connectivity index (χ4v) is 7.03. The third-order valence-electron chi connectivity index (χ3n) is 7.54. The maximum Gasteiger partial charge on any atom is 0.329 e. The highest BCUT2D eigenvalue weighted by molar-refractivity contribution is 9.11. The van der Waals surface area contributed by atoms with E-state index < -0.39 is 0 Å². The van der Waals surface area contributed by atoms with Crippen LogP contribution in [-0.4, -0.2) is 57.5 Å². The minimum absolute atomic E-state index is 0.105. The zero-order valence-corrected chi connectivity index (χ0v) is 29.0. The number of pyridine rings is 1. The van der Waals surface area contributed by atoms with Crippen molar-refractivity contribution in [1.29, 1.82) is 0 Å². The largest absolute Gasteiger partial charge is 0.361 e. The number of halogens is 3. The molecule has 1 aliphatic rings. The van der Waals surface area contributed by atoms with Crippen molar-refractivity contribution < 1.29 is 23.9 Å². The van der Waals surface area contributed by atoms with Crippen LogP contribution in [0.3, 0.4) is 0 Å². The van der Waals surface area contributed by atoms with E-state index in [1.807, 2.05) is 0 Å². The summed E-state index contributed by atoms with van der Waals surface area (Å²) in [6.07, 6.45) is 3.11. The minimum atomic E-state index is 0.105. The molecular formula is C34H16Br3N11. The summed E-state index contributed by atoms with van der Waals surface area (Å²) >= 11 is 10.6. The molecule has 11 nitrogen and oxygen atoms in total.